The molecule has 1 aromatic heterocycles. The number of carboxylic acids is 1. The van der Waals surface area contributed by atoms with E-state index in [4.69, 9.17) is 0 Å². The number of aryl methyl sites for hydroxylation is 1. The number of carbonyl (C=O) groups is 2. The molecule has 0 radical (unpaired) electrons. The topological polar surface area (TPSA) is 71.3 Å². The third kappa shape index (κ3) is 4.48. The number of rotatable bonds is 7. The van der Waals surface area contributed by atoms with Gasteiger partial charge < -0.3 is 15.0 Å². The molecule has 4 aromatic rings. The van der Waals surface area contributed by atoms with Crippen molar-refractivity contribution in [1.29, 1.82) is 0 Å². The molecule has 1 aliphatic carbocycles. The average molecular weight is 477 g/mol. The minimum atomic E-state index is -1.20. The summed E-state index contributed by atoms with van der Waals surface area (Å²) in [5, 5.41) is 13.8. The highest BCUT2D eigenvalue weighted by Crippen LogP contribution is 2.35. The van der Waals surface area contributed by atoms with Crippen LogP contribution in [0.5, 0.6) is 0 Å². The van der Waals surface area contributed by atoms with Gasteiger partial charge in [-0.05, 0) is 53.8 Å². The lowest BCUT2D eigenvalue weighted by Gasteiger charge is -2.33. The Balaban J connectivity index is 1.53. The van der Waals surface area contributed by atoms with Gasteiger partial charge in [-0.3, -0.25) is 4.79 Å². The lowest BCUT2D eigenvalue weighted by atomic mass is 9.85. The van der Waals surface area contributed by atoms with E-state index in [1.165, 1.54) is 0 Å². The molecule has 0 fully saturated rings. The summed E-state index contributed by atoms with van der Waals surface area (Å²) in [7, 11) is 0. The molecule has 1 aliphatic rings. The minimum absolute atomic E-state index is 0.0239. The molecule has 0 aliphatic heterocycles. The smallest absolute Gasteiger partial charge is 0.326 e. The van der Waals surface area contributed by atoms with Crippen LogP contribution in [-0.4, -0.2) is 27.6 Å². The Labute approximate surface area is 210 Å². The highest BCUT2D eigenvalue weighted by atomic mass is 16.4. The van der Waals surface area contributed by atoms with Crippen LogP contribution in [0, 0.1) is 6.92 Å². The number of benzene rings is 3. The van der Waals surface area contributed by atoms with Gasteiger partial charge in [0.1, 0.15) is 6.04 Å². The van der Waals surface area contributed by atoms with E-state index in [1.807, 2.05) is 109 Å². The summed E-state index contributed by atoms with van der Waals surface area (Å²) in [6.07, 6.45) is 9.91. The number of carboxylic acid groups (broad SMARTS) is 1. The monoisotopic (exact) mass is 476 g/mol. The van der Waals surface area contributed by atoms with Crippen LogP contribution in [0.25, 0.3) is 10.9 Å². The van der Waals surface area contributed by atoms with Gasteiger partial charge in [0.2, 0.25) is 0 Å². The van der Waals surface area contributed by atoms with Crippen LogP contribution in [0.15, 0.2) is 115 Å². The predicted molar refractivity (Wildman–Crippen MR) is 142 cm³/mol. The molecule has 36 heavy (non-hydrogen) atoms. The number of nitrogens with one attached hydrogen (secondary N) is 1. The molecule has 180 valence electrons. The Bertz CT molecular complexity index is 1440. The zero-order chi connectivity index (χ0) is 25.1. The highest BCUT2D eigenvalue weighted by Gasteiger charge is 2.40. The van der Waals surface area contributed by atoms with Crippen LogP contribution in [0.4, 0.5) is 0 Å². The lowest BCUT2D eigenvalue weighted by Crippen LogP contribution is -2.52. The molecule has 3 aromatic carbocycles. The van der Waals surface area contributed by atoms with Gasteiger partial charge in [0.15, 0.2) is 5.54 Å². The van der Waals surface area contributed by atoms with Crippen LogP contribution in [0.2, 0.25) is 0 Å². The molecule has 5 nitrogen and oxygen atoms in total. The molecule has 2 N–H and O–H groups in total. The van der Waals surface area contributed by atoms with Crippen molar-refractivity contribution in [2.75, 3.05) is 0 Å². The van der Waals surface area contributed by atoms with Crippen LogP contribution >= 0.6 is 0 Å². The van der Waals surface area contributed by atoms with Crippen LogP contribution < -0.4 is 5.32 Å². The number of hydrogen-bond acceptors (Lipinski definition) is 2. The minimum Gasteiger partial charge on any atom is -0.480 e. The molecular formula is C31H28N2O3. The van der Waals surface area contributed by atoms with E-state index >= 15 is 0 Å². The normalized spacial score (nSPS) is 19.8. The van der Waals surface area contributed by atoms with Gasteiger partial charge in [-0.2, -0.15) is 0 Å². The zero-order valence-electron chi connectivity index (χ0n) is 20.0. The lowest BCUT2D eigenvalue weighted by molar-refractivity contribution is -0.142. The van der Waals surface area contributed by atoms with Crippen molar-refractivity contribution < 1.29 is 14.7 Å². The summed E-state index contributed by atoms with van der Waals surface area (Å²) >= 11 is 0. The maximum Gasteiger partial charge on any atom is 0.326 e. The fraction of sp³-hybridized carbons (Fsp3) is 0.161. The summed E-state index contributed by atoms with van der Waals surface area (Å²) in [6.45, 7) is 2.03. The Morgan fingerprint density at radius 3 is 2.28 bits per heavy atom. The fourth-order valence-electron chi connectivity index (χ4n) is 4.85. The quantitative estimate of drug-likeness (QED) is 0.353. The molecular weight excluding hydrogens is 448 g/mol. The molecule has 0 saturated heterocycles. The number of aromatic nitrogens is 1. The van der Waals surface area contributed by atoms with Crippen molar-refractivity contribution in [3.05, 3.63) is 132 Å². The number of aliphatic carboxylic acids is 1. The maximum absolute atomic E-state index is 14.0. The number of fused-ring (bicyclic) bond motifs is 1. The van der Waals surface area contributed by atoms with Crippen molar-refractivity contribution in [3.8, 4) is 0 Å². The maximum atomic E-state index is 14.0. The van der Waals surface area contributed by atoms with Gasteiger partial charge in [0.25, 0.3) is 5.91 Å². The second-order valence-corrected chi connectivity index (χ2v) is 9.28. The Morgan fingerprint density at radius 2 is 1.61 bits per heavy atom. The van der Waals surface area contributed by atoms with E-state index in [1.54, 1.807) is 0 Å². The van der Waals surface area contributed by atoms with Crippen molar-refractivity contribution in [2.24, 2.45) is 0 Å². The van der Waals surface area contributed by atoms with E-state index in [9.17, 15) is 14.7 Å². The molecule has 1 unspecified atom stereocenters. The summed E-state index contributed by atoms with van der Waals surface area (Å²) < 4.78 is 1.92. The SMILES string of the molecule is Cc1ccc2c(ccn2C2(C(=O)NC(Cc3ccccc3)C(=O)O)C=CC(c3ccccc3)C=C2)c1. The first-order valence-corrected chi connectivity index (χ1v) is 12.1. The zero-order valence-corrected chi connectivity index (χ0v) is 20.0. The summed E-state index contributed by atoms with van der Waals surface area (Å²) in [5.74, 6) is -1.43. The molecule has 1 heterocycles. The van der Waals surface area contributed by atoms with E-state index in [0.717, 1.165) is 27.6 Å². The first-order chi connectivity index (χ1) is 17.5. The van der Waals surface area contributed by atoms with E-state index in [2.05, 4.69) is 23.5 Å². The summed E-state index contributed by atoms with van der Waals surface area (Å²) in [5.41, 5.74) is 2.80. The number of allylic oxidation sites excluding steroid dienone is 2. The summed E-state index contributed by atoms with van der Waals surface area (Å²) in [4.78, 5) is 26.1. The third-order valence-electron chi connectivity index (χ3n) is 6.79. The third-order valence-corrected chi connectivity index (χ3v) is 6.79. The van der Waals surface area contributed by atoms with Crippen LogP contribution in [0.3, 0.4) is 0 Å². The largest absolute Gasteiger partial charge is 0.480 e. The first-order valence-electron chi connectivity index (χ1n) is 12.1. The Kier molecular flexibility index (Phi) is 6.30. The summed E-state index contributed by atoms with van der Waals surface area (Å²) in [6, 6.07) is 26.4. The Morgan fingerprint density at radius 1 is 0.944 bits per heavy atom. The van der Waals surface area contributed by atoms with Crippen LogP contribution in [0.1, 0.15) is 22.6 Å². The standard InChI is InChI=1S/C31H28N2O3/c1-22-12-13-28-26(20-22)16-19-33(28)31(17-14-25(15-18-31)24-10-6-3-7-11-24)30(36)32-27(29(34)35)21-23-8-4-2-5-9-23/h2-20,25,27H,21H2,1H3,(H,32,36)(H,34,35). The second-order valence-electron chi connectivity index (χ2n) is 9.28. The van der Waals surface area contributed by atoms with Gasteiger partial charge in [0.05, 0.1) is 0 Å². The highest BCUT2D eigenvalue weighted by molar-refractivity contribution is 5.95. The van der Waals surface area contributed by atoms with Gasteiger partial charge in [-0.25, -0.2) is 4.79 Å². The molecule has 0 saturated carbocycles. The molecule has 5 rings (SSSR count). The van der Waals surface area contributed by atoms with Crippen molar-refractivity contribution >= 4 is 22.8 Å². The van der Waals surface area contributed by atoms with E-state index < -0.39 is 17.6 Å². The average Bonchev–Trinajstić information content (AvgIpc) is 3.33. The molecule has 0 bridgehead atoms. The molecule has 1 amide bonds. The van der Waals surface area contributed by atoms with Crippen molar-refractivity contribution in [3.63, 3.8) is 0 Å². The second kappa shape index (κ2) is 9.70. The van der Waals surface area contributed by atoms with E-state index in [-0.39, 0.29) is 18.2 Å². The van der Waals surface area contributed by atoms with E-state index in [0.29, 0.717) is 0 Å². The van der Waals surface area contributed by atoms with Gasteiger partial charge in [-0.15, -0.1) is 0 Å². The fourth-order valence-corrected chi connectivity index (χ4v) is 4.85. The number of carbonyl (C=O) groups excluding carboxylic acids is 1. The number of nitrogens with zero attached hydrogens (tertiary/aromatic N) is 1. The molecule has 1 atom stereocenters. The van der Waals surface area contributed by atoms with Gasteiger partial charge in [-0.1, -0.05) is 84.4 Å². The molecule has 5 heteroatoms. The number of hydrogen-bond donors (Lipinski definition) is 2. The van der Waals surface area contributed by atoms with Gasteiger partial charge in [0, 0.05) is 24.1 Å². The van der Waals surface area contributed by atoms with Crippen molar-refractivity contribution in [1.82, 2.24) is 9.88 Å². The first kappa shape index (κ1) is 23.4. The van der Waals surface area contributed by atoms with Crippen LogP contribution in [-0.2, 0) is 21.5 Å². The van der Waals surface area contributed by atoms with Gasteiger partial charge >= 0.3 is 5.97 Å². The number of amides is 1. The predicted octanol–water partition coefficient (Wildman–Crippen LogP) is 5.37. The molecule has 0 spiro atoms. The van der Waals surface area contributed by atoms with Crippen molar-refractivity contribution in [2.45, 2.75) is 30.8 Å². The Hall–Kier alpha value is -4.38.